The Bertz CT molecular complexity index is 891. The van der Waals surface area contributed by atoms with Gasteiger partial charge in [-0.2, -0.15) is 15.8 Å². The van der Waals surface area contributed by atoms with Gasteiger partial charge in [-0.3, -0.25) is 4.79 Å². The molecule has 1 aromatic rings. The lowest BCUT2D eigenvalue weighted by Crippen LogP contribution is -2.60. The molecule has 4 atom stereocenters. The number of hydrogen-bond acceptors (Lipinski definition) is 6. The van der Waals surface area contributed by atoms with Gasteiger partial charge in [0, 0.05) is 18.3 Å². The maximum Gasteiger partial charge on any atom is 0.245 e. The number of carbonyl (C=O) groups is 1. The summed E-state index contributed by atoms with van der Waals surface area (Å²) in [4.78, 5) is 12.9. The topological polar surface area (TPSA) is 130 Å². The molecule has 2 bridgehead atoms. The molecule has 1 amide bonds. The van der Waals surface area contributed by atoms with Crippen LogP contribution in [0.15, 0.2) is 24.3 Å². The van der Waals surface area contributed by atoms with E-state index < -0.39 is 34.3 Å². The Hall–Kier alpha value is -3.08. The van der Waals surface area contributed by atoms with Gasteiger partial charge >= 0.3 is 0 Å². The second-order valence-electron chi connectivity index (χ2n) is 7.58. The number of carbonyl (C=O) groups excluding carboxylic acids is 1. The molecule has 1 saturated carbocycles. The normalized spacial score (nSPS) is 33.5. The highest BCUT2D eigenvalue weighted by molar-refractivity contribution is 5.92. The van der Waals surface area contributed by atoms with E-state index in [1.54, 1.807) is 38.1 Å². The monoisotopic (exact) mass is 364 g/mol. The fourth-order valence-corrected chi connectivity index (χ4v) is 5.04. The molecule has 1 aliphatic carbocycles. The van der Waals surface area contributed by atoms with Crippen LogP contribution in [0.25, 0.3) is 0 Å². The Balaban J connectivity index is 2.30. The van der Waals surface area contributed by atoms with Gasteiger partial charge in [0.15, 0.2) is 10.8 Å². The molecule has 7 nitrogen and oxygen atoms in total. The molecule has 0 unspecified atom stereocenters. The van der Waals surface area contributed by atoms with Crippen LogP contribution in [-0.4, -0.2) is 23.8 Å². The Kier molecular flexibility index (Phi) is 4.14. The SMILES string of the molecule is COc1ccc([C@H]2C[C@]3(O)NC(=O)[C@@](C#N)([C@H]3C(C)C)C2(C#N)C#N)cc1. The zero-order valence-corrected chi connectivity index (χ0v) is 15.4. The zero-order chi connectivity index (χ0) is 20.0. The summed E-state index contributed by atoms with van der Waals surface area (Å²) < 4.78 is 5.14. The van der Waals surface area contributed by atoms with E-state index in [9.17, 15) is 25.7 Å². The van der Waals surface area contributed by atoms with E-state index in [0.29, 0.717) is 11.3 Å². The molecule has 7 heteroatoms. The molecule has 3 rings (SSSR count). The first-order chi connectivity index (χ1) is 12.8. The van der Waals surface area contributed by atoms with Gasteiger partial charge in [0.05, 0.1) is 25.3 Å². The highest BCUT2D eigenvalue weighted by Crippen LogP contribution is 2.66. The first-order valence-electron chi connectivity index (χ1n) is 8.69. The van der Waals surface area contributed by atoms with Crippen LogP contribution in [0.5, 0.6) is 5.75 Å². The van der Waals surface area contributed by atoms with Crippen molar-refractivity contribution in [2.75, 3.05) is 7.11 Å². The van der Waals surface area contributed by atoms with E-state index in [-0.39, 0.29) is 12.3 Å². The summed E-state index contributed by atoms with van der Waals surface area (Å²) in [5.41, 5.74) is -4.97. The number of hydrogen-bond donors (Lipinski definition) is 2. The van der Waals surface area contributed by atoms with E-state index in [4.69, 9.17) is 4.74 Å². The van der Waals surface area contributed by atoms with Gasteiger partial charge in [-0.1, -0.05) is 26.0 Å². The number of rotatable bonds is 3. The first-order valence-corrected chi connectivity index (χ1v) is 8.69. The van der Waals surface area contributed by atoms with Crippen LogP contribution in [-0.2, 0) is 4.79 Å². The summed E-state index contributed by atoms with van der Waals surface area (Å²) in [6.07, 6.45) is -0.0293. The molecule has 0 aromatic heterocycles. The van der Waals surface area contributed by atoms with Crippen LogP contribution in [0.2, 0.25) is 0 Å². The Morgan fingerprint density at radius 2 is 1.78 bits per heavy atom. The molecule has 27 heavy (non-hydrogen) atoms. The van der Waals surface area contributed by atoms with Crippen molar-refractivity contribution in [1.29, 1.82) is 15.8 Å². The summed E-state index contributed by atoms with van der Waals surface area (Å²) in [5, 5.41) is 44.0. The lowest BCUT2D eigenvalue weighted by Gasteiger charge is -2.50. The molecule has 2 fully saturated rings. The first kappa shape index (κ1) is 18.7. The predicted molar refractivity (Wildman–Crippen MR) is 93.5 cm³/mol. The maximum absolute atomic E-state index is 12.9. The second-order valence-corrected chi connectivity index (χ2v) is 7.58. The van der Waals surface area contributed by atoms with E-state index in [1.165, 1.54) is 7.11 Å². The summed E-state index contributed by atoms with van der Waals surface area (Å²) in [6.45, 7) is 3.55. The van der Waals surface area contributed by atoms with Crippen molar-refractivity contribution in [2.24, 2.45) is 22.7 Å². The molecular formula is C20H20N4O3. The minimum Gasteiger partial charge on any atom is -0.497 e. The van der Waals surface area contributed by atoms with Gasteiger partial charge in [-0.15, -0.1) is 0 Å². The minimum atomic E-state index is -1.97. The molecule has 138 valence electrons. The summed E-state index contributed by atoms with van der Waals surface area (Å²) in [5.74, 6) is -2.16. The highest BCUT2D eigenvalue weighted by Gasteiger charge is 2.79. The lowest BCUT2D eigenvalue weighted by atomic mass is 9.46. The third-order valence-electron chi connectivity index (χ3n) is 6.04. The molecule has 1 aliphatic heterocycles. The Morgan fingerprint density at radius 3 is 2.22 bits per heavy atom. The second kappa shape index (κ2) is 5.98. The molecule has 0 radical (unpaired) electrons. The van der Waals surface area contributed by atoms with Crippen molar-refractivity contribution in [3.63, 3.8) is 0 Å². The average molecular weight is 364 g/mol. The smallest absolute Gasteiger partial charge is 0.245 e. The lowest BCUT2D eigenvalue weighted by molar-refractivity contribution is -0.133. The number of methoxy groups -OCH3 is 1. The van der Waals surface area contributed by atoms with Crippen LogP contribution < -0.4 is 10.1 Å². The average Bonchev–Trinajstić information content (AvgIpc) is 2.85. The van der Waals surface area contributed by atoms with E-state index in [0.717, 1.165) is 0 Å². The zero-order valence-electron chi connectivity index (χ0n) is 15.4. The van der Waals surface area contributed by atoms with E-state index in [2.05, 4.69) is 5.32 Å². The number of fused-ring (bicyclic) bond motifs is 2. The van der Waals surface area contributed by atoms with Crippen molar-refractivity contribution < 1.29 is 14.6 Å². The summed E-state index contributed by atoms with van der Waals surface area (Å²) in [6, 6.07) is 12.8. The van der Waals surface area contributed by atoms with Gasteiger partial charge in [0.25, 0.3) is 0 Å². The fourth-order valence-electron chi connectivity index (χ4n) is 5.04. The molecule has 2 aliphatic rings. The quantitative estimate of drug-likeness (QED) is 0.841. The Labute approximate surface area is 157 Å². The third kappa shape index (κ3) is 2.11. The van der Waals surface area contributed by atoms with Crippen LogP contribution in [0.3, 0.4) is 0 Å². The summed E-state index contributed by atoms with van der Waals surface area (Å²) >= 11 is 0. The molecule has 2 N–H and O–H groups in total. The molecular weight excluding hydrogens is 344 g/mol. The van der Waals surface area contributed by atoms with Gasteiger partial charge < -0.3 is 15.2 Å². The van der Waals surface area contributed by atoms with Crippen molar-refractivity contribution in [3.05, 3.63) is 29.8 Å². The van der Waals surface area contributed by atoms with Crippen LogP contribution in [0, 0.1) is 56.7 Å². The third-order valence-corrected chi connectivity index (χ3v) is 6.04. The van der Waals surface area contributed by atoms with Crippen molar-refractivity contribution in [1.82, 2.24) is 5.32 Å². The summed E-state index contributed by atoms with van der Waals surface area (Å²) in [7, 11) is 1.52. The van der Waals surface area contributed by atoms with E-state index >= 15 is 0 Å². The number of amides is 1. The molecule has 1 aromatic carbocycles. The van der Waals surface area contributed by atoms with Gasteiger partial charge in [-0.25, -0.2) is 0 Å². The fraction of sp³-hybridized carbons (Fsp3) is 0.500. The number of benzene rings is 1. The van der Waals surface area contributed by atoms with Gasteiger partial charge in [-0.05, 0) is 23.6 Å². The van der Waals surface area contributed by atoms with Crippen molar-refractivity contribution >= 4 is 5.91 Å². The number of nitriles is 3. The minimum absolute atomic E-state index is 0.0293. The van der Waals surface area contributed by atoms with Crippen LogP contribution in [0.1, 0.15) is 31.7 Å². The maximum atomic E-state index is 12.9. The van der Waals surface area contributed by atoms with Crippen molar-refractivity contribution in [3.8, 4) is 24.0 Å². The Morgan fingerprint density at radius 1 is 1.19 bits per heavy atom. The van der Waals surface area contributed by atoms with Crippen LogP contribution >= 0.6 is 0 Å². The number of ether oxygens (including phenoxy) is 1. The number of nitrogens with zero attached hydrogens (tertiary/aromatic N) is 3. The van der Waals surface area contributed by atoms with Crippen LogP contribution in [0.4, 0.5) is 0 Å². The number of nitrogens with one attached hydrogen (secondary N) is 1. The number of aliphatic hydroxyl groups is 1. The largest absolute Gasteiger partial charge is 0.497 e. The van der Waals surface area contributed by atoms with Gasteiger partial charge in [0.2, 0.25) is 5.91 Å². The predicted octanol–water partition coefficient (Wildman–Crippen LogP) is 1.82. The van der Waals surface area contributed by atoms with Crippen molar-refractivity contribution in [2.45, 2.75) is 31.9 Å². The molecule has 0 spiro atoms. The molecule has 1 saturated heterocycles. The van der Waals surface area contributed by atoms with E-state index in [1.807, 2.05) is 18.2 Å². The highest BCUT2D eigenvalue weighted by atomic mass is 16.5. The molecule has 1 heterocycles. The standard InChI is InChI=1S/C20H20N4O3/c1-12(2)16-19(11-23)17(25)24-20(16,26)8-15(18(19,9-21)10-22)13-4-6-14(27-3)7-5-13/h4-7,12,15-16,26H,8H2,1-3H3,(H,24,25)/t15-,16-,19-,20-/m1/s1. The van der Waals surface area contributed by atoms with Gasteiger partial charge in [0.1, 0.15) is 11.5 Å².